The van der Waals surface area contributed by atoms with E-state index in [-0.39, 0.29) is 24.2 Å². The molecule has 1 fully saturated rings. The number of benzene rings is 1. The SMILES string of the molecule is CC(C)CN1CC(C(=O)NCCc2ccc(C(F)(F)F)cc2)CC1=O. The number of hydrogen-bond donors (Lipinski definition) is 1. The summed E-state index contributed by atoms with van der Waals surface area (Å²) in [6.07, 6.45) is -3.68. The molecule has 0 radical (unpaired) electrons. The van der Waals surface area contributed by atoms with Crippen molar-refractivity contribution in [3.05, 3.63) is 35.4 Å². The number of hydrogen-bond acceptors (Lipinski definition) is 2. The number of likely N-dealkylation sites (tertiary alicyclic amines) is 1. The molecule has 1 aliphatic heterocycles. The molecule has 0 bridgehead atoms. The van der Waals surface area contributed by atoms with Gasteiger partial charge in [0.2, 0.25) is 11.8 Å². The number of rotatable bonds is 6. The van der Waals surface area contributed by atoms with E-state index >= 15 is 0 Å². The van der Waals surface area contributed by atoms with Crippen molar-refractivity contribution in [1.82, 2.24) is 10.2 Å². The highest BCUT2D eigenvalue weighted by atomic mass is 19.4. The second-order valence-corrected chi connectivity index (χ2v) is 6.83. The predicted octanol–water partition coefficient (Wildman–Crippen LogP) is 2.87. The van der Waals surface area contributed by atoms with Crippen LogP contribution in [0.2, 0.25) is 0 Å². The quantitative estimate of drug-likeness (QED) is 0.852. The van der Waals surface area contributed by atoms with Crippen LogP contribution >= 0.6 is 0 Å². The van der Waals surface area contributed by atoms with E-state index in [9.17, 15) is 22.8 Å². The Hall–Kier alpha value is -2.05. The van der Waals surface area contributed by atoms with Gasteiger partial charge in [0, 0.05) is 26.1 Å². The zero-order valence-electron chi connectivity index (χ0n) is 14.4. The summed E-state index contributed by atoms with van der Waals surface area (Å²) in [7, 11) is 0. The van der Waals surface area contributed by atoms with Crippen LogP contribution in [0, 0.1) is 11.8 Å². The molecule has 2 rings (SSSR count). The van der Waals surface area contributed by atoms with Gasteiger partial charge in [-0.05, 0) is 30.0 Å². The summed E-state index contributed by atoms with van der Waals surface area (Å²) in [5, 5.41) is 2.77. The fraction of sp³-hybridized carbons (Fsp3) is 0.556. The lowest BCUT2D eigenvalue weighted by atomic mass is 10.1. The van der Waals surface area contributed by atoms with Crippen LogP contribution in [0.25, 0.3) is 0 Å². The van der Waals surface area contributed by atoms with Crippen LogP contribution in [0.1, 0.15) is 31.4 Å². The molecular formula is C18H23F3N2O2. The Morgan fingerprint density at radius 3 is 2.48 bits per heavy atom. The minimum Gasteiger partial charge on any atom is -0.355 e. The Kier molecular flexibility index (Phi) is 6.08. The molecular weight excluding hydrogens is 333 g/mol. The normalized spacial score (nSPS) is 18.1. The standard InChI is InChI=1S/C18H23F3N2O2/c1-12(2)10-23-11-14(9-16(23)24)17(25)22-8-7-13-3-5-15(6-4-13)18(19,20)21/h3-6,12,14H,7-11H2,1-2H3,(H,22,25). The fourth-order valence-corrected chi connectivity index (χ4v) is 2.90. The third-order valence-electron chi connectivity index (χ3n) is 4.16. The minimum atomic E-state index is -4.34. The maximum Gasteiger partial charge on any atom is 0.416 e. The molecule has 25 heavy (non-hydrogen) atoms. The topological polar surface area (TPSA) is 49.4 Å². The van der Waals surface area contributed by atoms with E-state index in [4.69, 9.17) is 0 Å². The Balaban J connectivity index is 1.78. The Bertz CT molecular complexity index is 612. The molecule has 4 nitrogen and oxygen atoms in total. The van der Waals surface area contributed by atoms with Gasteiger partial charge in [-0.15, -0.1) is 0 Å². The van der Waals surface area contributed by atoms with Crippen LogP contribution in [0.5, 0.6) is 0 Å². The van der Waals surface area contributed by atoms with Crippen LogP contribution in [-0.2, 0) is 22.2 Å². The van der Waals surface area contributed by atoms with Crippen LogP contribution in [0.15, 0.2) is 24.3 Å². The van der Waals surface area contributed by atoms with Crippen LogP contribution in [-0.4, -0.2) is 36.3 Å². The Morgan fingerprint density at radius 2 is 1.92 bits per heavy atom. The number of carbonyl (C=O) groups excluding carboxylic acids is 2. The number of nitrogens with zero attached hydrogens (tertiary/aromatic N) is 1. The maximum absolute atomic E-state index is 12.5. The fourth-order valence-electron chi connectivity index (χ4n) is 2.90. The van der Waals surface area contributed by atoms with Gasteiger partial charge in [0.1, 0.15) is 0 Å². The summed E-state index contributed by atoms with van der Waals surface area (Å²) < 4.78 is 37.5. The van der Waals surface area contributed by atoms with Crippen molar-refractivity contribution < 1.29 is 22.8 Å². The lowest BCUT2D eigenvalue weighted by molar-refractivity contribution is -0.137. The molecule has 0 aromatic heterocycles. The first-order valence-corrected chi connectivity index (χ1v) is 8.38. The van der Waals surface area contributed by atoms with Crippen LogP contribution in [0.4, 0.5) is 13.2 Å². The first-order valence-electron chi connectivity index (χ1n) is 8.38. The number of carbonyl (C=O) groups is 2. The summed E-state index contributed by atoms with van der Waals surface area (Å²) in [4.78, 5) is 25.8. The van der Waals surface area contributed by atoms with Gasteiger partial charge < -0.3 is 10.2 Å². The largest absolute Gasteiger partial charge is 0.416 e. The maximum atomic E-state index is 12.5. The zero-order valence-corrected chi connectivity index (χ0v) is 14.4. The van der Waals surface area contributed by atoms with Gasteiger partial charge >= 0.3 is 6.18 Å². The van der Waals surface area contributed by atoms with Gasteiger partial charge in [0.15, 0.2) is 0 Å². The van der Waals surface area contributed by atoms with Crippen molar-refractivity contribution in [2.24, 2.45) is 11.8 Å². The van der Waals surface area contributed by atoms with E-state index in [2.05, 4.69) is 5.32 Å². The summed E-state index contributed by atoms with van der Waals surface area (Å²) in [6.45, 7) is 5.45. The second kappa shape index (κ2) is 7.89. The molecule has 1 atom stereocenters. The average Bonchev–Trinajstić information content (AvgIpc) is 2.87. The van der Waals surface area contributed by atoms with Gasteiger partial charge in [-0.3, -0.25) is 9.59 Å². The highest BCUT2D eigenvalue weighted by Gasteiger charge is 2.34. The smallest absolute Gasteiger partial charge is 0.355 e. The third kappa shape index (κ3) is 5.47. The highest BCUT2D eigenvalue weighted by molar-refractivity contribution is 5.89. The van der Waals surface area contributed by atoms with Gasteiger partial charge in [0.05, 0.1) is 11.5 Å². The molecule has 1 unspecified atom stereocenters. The van der Waals surface area contributed by atoms with E-state index in [0.717, 1.165) is 17.7 Å². The molecule has 0 aliphatic carbocycles. The van der Waals surface area contributed by atoms with E-state index in [1.54, 1.807) is 4.90 Å². The highest BCUT2D eigenvalue weighted by Crippen LogP contribution is 2.29. The summed E-state index contributed by atoms with van der Waals surface area (Å²) in [5.74, 6) is -0.174. The van der Waals surface area contributed by atoms with E-state index < -0.39 is 11.7 Å². The van der Waals surface area contributed by atoms with Gasteiger partial charge in [-0.2, -0.15) is 13.2 Å². The van der Waals surface area contributed by atoms with Gasteiger partial charge in [-0.25, -0.2) is 0 Å². The summed E-state index contributed by atoms with van der Waals surface area (Å²) >= 11 is 0. The number of amides is 2. The summed E-state index contributed by atoms with van der Waals surface area (Å²) in [6, 6.07) is 4.91. The molecule has 1 heterocycles. The van der Waals surface area contributed by atoms with E-state index in [1.807, 2.05) is 13.8 Å². The van der Waals surface area contributed by atoms with E-state index in [1.165, 1.54) is 12.1 Å². The molecule has 2 amide bonds. The minimum absolute atomic E-state index is 0.00316. The first-order chi connectivity index (χ1) is 11.7. The molecule has 0 spiro atoms. The molecule has 138 valence electrons. The second-order valence-electron chi connectivity index (χ2n) is 6.83. The third-order valence-corrected chi connectivity index (χ3v) is 4.16. The number of alkyl halides is 3. The predicted molar refractivity (Wildman–Crippen MR) is 87.7 cm³/mol. The van der Waals surface area contributed by atoms with Crippen LogP contribution < -0.4 is 5.32 Å². The van der Waals surface area contributed by atoms with Crippen molar-refractivity contribution in [3.8, 4) is 0 Å². The van der Waals surface area contributed by atoms with Crippen LogP contribution in [0.3, 0.4) is 0 Å². The molecule has 1 aromatic rings. The van der Waals surface area contributed by atoms with E-state index in [0.29, 0.717) is 32.0 Å². The molecule has 1 saturated heterocycles. The Labute approximate surface area is 145 Å². The Morgan fingerprint density at radius 1 is 1.28 bits per heavy atom. The lowest BCUT2D eigenvalue weighted by Crippen LogP contribution is -2.35. The van der Waals surface area contributed by atoms with Crippen molar-refractivity contribution in [3.63, 3.8) is 0 Å². The molecule has 1 aliphatic rings. The van der Waals surface area contributed by atoms with Gasteiger partial charge in [-0.1, -0.05) is 26.0 Å². The lowest BCUT2D eigenvalue weighted by Gasteiger charge is -2.18. The molecule has 1 aromatic carbocycles. The van der Waals surface area contributed by atoms with Gasteiger partial charge in [0.25, 0.3) is 0 Å². The van der Waals surface area contributed by atoms with Crippen molar-refractivity contribution in [2.75, 3.05) is 19.6 Å². The monoisotopic (exact) mass is 356 g/mol. The summed E-state index contributed by atoms with van der Waals surface area (Å²) in [5.41, 5.74) is 0.0345. The average molecular weight is 356 g/mol. The van der Waals surface area contributed by atoms with Crippen molar-refractivity contribution >= 4 is 11.8 Å². The number of halogens is 3. The van der Waals surface area contributed by atoms with Crippen molar-refractivity contribution in [2.45, 2.75) is 32.9 Å². The first kappa shape index (κ1) is 19.3. The van der Waals surface area contributed by atoms with Crippen molar-refractivity contribution in [1.29, 1.82) is 0 Å². The molecule has 0 saturated carbocycles. The molecule has 7 heteroatoms. The zero-order chi connectivity index (χ0) is 18.6. The number of nitrogens with one attached hydrogen (secondary N) is 1. The molecule has 1 N–H and O–H groups in total.